The van der Waals surface area contributed by atoms with Crippen LogP contribution in [0.1, 0.15) is 45.4 Å². The van der Waals surface area contributed by atoms with E-state index in [9.17, 15) is 0 Å². The van der Waals surface area contributed by atoms with Crippen LogP contribution < -0.4 is 14.8 Å². The first-order valence-electron chi connectivity index (χ1n) is 9.23. The van der Waals surface area contributed by atoms with Crippen molar-refractivity contribution in [3.8, 4) is 11.5 Å². The average molecular weight is 329 g/mol. The first-order valence-corrected chi connectivity index (χ1v) is 9.23. The van der Waals surface area contributed by atoms with Gasteiger partial charge in [0.15, 0.2) is 11.5 Å². The summed E-state index contributed by atoms with van der Waals surface area (Å²) in [5.41, 5.74) is 2.19. The molecule has 24 heavy (non-hydrogen) atoms. The van der Waals surface area contributed by atoms with Crippen molar-refractivity contribution in [2.45, 2.75) is 58.5 Å². The van der Waals surface area contributed by atoms with Crippen LogP contribution in [-0.4, -0.2) is 28.9 Å². The van der Waals surface area contributed by atoms with Gasteiger partial charge in [0.2, 0.25) is 6.79 Å². The Balaban J connectivity index is 1.64. The van der Waals surface area contributed by atoms with Crippen molar-refractivity contribution in [1.29, 1.82) is 0 Å². The van der Waals surface area contributed by atoms with Crippen LogP contribution in [0.15, 0.2) is 12.1 Å². The van der Waals surface area contributed by atoms with Crippen molar-refractivity contribution in [3.63, 3.8) is 0 Å². The van der Waals surface area contributed by atoms with E-state index in [-0.39, 0.29) is 0 Å². The lowest BCUT2D eigenvalue weighted by atomic mass is 10.0. The van der Waals surface area contributed by atoms with Crippen LogP contribution in [0.5, 0.6) is 11.5 Å². The quantitative estimate of drug-likeness (QED) is 0.912. The molecule has 5 nitrogen and oxygen atoms in total. The van der Waals surface area contributed by atoms with Gasteiger partial charge in [-0.05, 0) is 31.7 Å². The van der Waals surface area contributed by atoms with Crippen LogP contribution in [0.3, 0.4) is 0 Å². The zero-order chi connectivity index (χ0) is 16.5. The first-order chi connectivity index (χ1) is 11.7. The molecule has 1 saturated heterocycles. The topological polar surface area (TPSA) is 48.3 Å². The standard InChI is InChI=1S/C19H27N3O2/c1-13(2)9-19-21-15-10-17-18(24-12-23-17)11-16(15)22(19)8-6-14-5-3-4-7-20-14/h10-11,13-14,20H,3-9,12H2,1-2H3. The van der Waals surface area contributed by atoms with Gasteiger partial charge in [-0.1, -0.05) is 20.3 Å². The van der Waals surface area contributed by atoms with E-state index in [0.29, 0.717) is 18.8 Å². The molecule has 5 heteroatoms. The normalized spacial score (nSPS) is 20.2. The number of fused-ring (bicyclic) bond motifs is 2. The van der Waals surface area contributed by atoms with Crippen molar-refractivity contribution in [2.24, 2.45) is 5.92 Å². The molecule has 1 aromatic heterocycles. The molecule has 1 aromatic carbocycles. The molecule has 130 valence electrons. The molecule has 0 amide bonds. The Hall–Kier alpha value is -1.75. The van der Waals surface area contributed by atoms with E-state index < -0.39 is 0 Å². The molecule has 4 rings (SSSR count). The molecular weight excluding hydrogens is 302 g/mol. The lowest BCUT2D eigenvalue weighted by molar-refractivity contribution is 0.174. The third-order valence-electron chi connectivity index (χ3n) is 5.03. The Morgan fingerprint density at radius 1 is 1.25 bits per heavy atom. The third-order valence-corrected chi connectivity index (χ3v) is 5.03. The van der Waals surface area contributed by atoms with Crippen LogP contribution in [0.25, 0.3) is 11.0 Å². The number of nitrogens with zero attached hydrogens (tertiary/aromatic N) is 2. The minimum absolute atomic E-state index is 0.312. The number of hydrogen-bond acceptors (Lipinski definition) is 4. The number of benzene rings is 1. The summed E-state index contributed by atoms with van der Waals surface area (Å²) < 4.78 is 13.5. The smallest absolute Gasteiger partial charge is 0.231 e. The van der Waals surface area contributed by atoms with Crippen molar-refractivity contribution < 1.29 is 9.47 Å². The SMILES string of the molecule is CC(C)Cc1nc2cc3c(cc2n1CCC1CCCCN1)OCO3. The number of aryl methyl sites for hydroxylation is 1. The summed E-state index contributed by atoms with van der Waals surface area (Å²) in [6.45, 7) is 6.98. The largest absolute Gasteiger partial charge is 0.454 e. The zero-order valence-corrected chi connectivity index (χ0v) is 14.7. The van der Waals surface area contributed by atoms with E-state index in [1.54, 1.807) is 0 Å². The van der Waals surface area contributed by atoms with Crippen LogP contribution in [0, 0.1) is 5.92 Å². The molecule has 1 N–H and O–H groups in total. The minimum Gasteiger partial charge on any atom is -0.454 e. The molecule has 0 bridgehead atoms. The zero-order valence-electron chi connectivity index (χ0n) is 14.7. The fraction of sp³-hybridized carbons (Fsp3) is 0.632. The molecule has 0 radical (unpaired) electrons. The van der Waals surface area contributed by atoms with Crippen LogP contribution in [0.2, 0.25) is 0 Å². The molecule has 1 fully saturated rings. The Morgan fingerprint density at radius 2 is 2.08 bits per heavy atom. The van der Waals surface area contributed by atoms with Gasteiger partial charge in [0.05, 0.1) is 11.0 Å². The Labute approximate surface area is 143 Å². The summed E-state index contributed by atoms with van der Waals surface area (Å²) in [5.74, 6) is 3.43. The second kappa shape index (κ2) is 6.63. The van der Waals surface area contributed by atoms with E-state index in [1.165, 1.54) is 30.6 Å². The minimum atomic E-state index is 0.312. The fourth-order valence-electron chi connectivity index (χ4n) is 3.79. The second-order valence-electron chi connectivity index (χ2n) is 7.41. The van der Waals surface area contributed by atoms with Gasteiger partial charge in [-0.15, -0.1) is 0 Å². The van der Waals surface area contributed by atoms with E-state index in [4.69, 9.17) is 14.5 Å². The fourth-order valence-corrected chi connectivity index (χ4v) is 3.79. The van der Waals surface area contributed by atoms with Crippen LogP contribution in [-0.2, 0) is 13.0 Å². The van der Waals surface area contributed by atoms with Gasteiger partial charge in [0, 0.05) is 31.1 Å². The van der Waals surface area contributed by atoms with Gasteiger partial charge in [-0.25, -0.2) is 4.98 Å². The Morgan fingerprint density at radius 3 is 2.83 bits per heavy atom. The van der Waals surface area contributed by atoms with Crippen molar-refractivity contribution in [3.05, 3.63) is 18.0 Å². The number of hydrogen-bond donors (Lipinski definition) is 1. The number of aromatic nitrogens is 2. The van der Waals surface area contributed by atoms with E-state index >= 15 is 0 Å². The molecule has 3 heterocycles. The summed E-state index contributed by atoms with van der Waals surface area (Å²) in [7, 11) is 0. The second-order valence-corrected chi connectivity index (χ2v) is 7.41. The van der Waals surface area contributed by atoms with Crippen LogP contribution in [0.4, 0.5) is 0 Å². The van der Waals surface area contributed by atoms with Gasteiger partial charge in [-0.2, -0.15) is 0 Å². The molecule has 2 aromatic rings. The maximum atomic E-state index is 5.57. The highest BCUT2D eigenvalue weighted by molar-refractivity contribution is 5.81. The molecule has 2 aliphatic heterocycles. The van der Waals surface area contributed by atoms with Crippen molar-refractivity contribution >= 4 is 11.0 Å². The number of nitrogens with one attached hydrogen (secondary N) is 1. The molecule has 0 saturated carbocycles. The molecule has 1 unspecified atom stereocenters. The van der Waals surface area contributed by atoms with Gasteiger partial charge in [0.25, 0.3) is 0 Å². The van der Waals surface area contributed by atoms with Crippen molar-refractivity contribution in [2.75, 3.05) is 13.3 Å². The Bertz CT molecular complexity index is 717. The lowest BCUT2D eigenvalue weighted by Gasteiger charge is -2.24. The third kappa shape index (κ3) is 3.09. The van der Waals surface area contributed by atoms with E-state index in [1.807, 2.05) is 6.07 Å². The Kier molecular flexibility index (Phi) is 4.35. The monoisotopic (exact) mass is 329 g/mol. The number of imidazole rings is 1. The maximum absolute atomic E-state index is 5.57. The number of ether oxygens (including phenoxy) is 2. The van der Waals surface area contributed by atoms with Gasteiger partial charge < -0.3 is 19.4 Å². The van der Waals surface area contributed by atoms with E-state index in [0.717, 1.165) is 42.9 Å². The maximum Gasteiger partial charge on any atom is 0.231 e. The molecule has 1 atom stereocenters. The summed E-state index contributed by atoms with van der Waals surface area (Å²) in [5, 5.41) is 3.65. The molecule has 2 aliphatic rings. The lowest BCUT2D eigenvalue weighted by Crippen LogP contribution is -2.34. The summed E-state index contributed by atoms with van der Waals surface area (Å²) >= 11 is 0. The summed E-state index contributed by atoms with van der Waals surface area (Å²) in [4.78, 5) is 4.90. The molecule has 0 aliphatic carbocycles. The molecule has 0 spiro atoms. The highest BCUT2D eigenvalue weighted by atomic mass is 16.7. The number of rotatable bonds is 5. The average Bonchev–Trinajstić information content (AvgIpc) is 3.14. The predicted octanol–water partition coefficient (Wildman–Crippen LogP) is 3.50. The van der Waals surface area contributed by atoms with E-state index in [2.05, 4.69) is 29.8 Å². The van der Waals surface area contributed by atoms with Gasteiger partial charge in [0.1, 0.15) is 5.82 Å². The summed E-state index contributed by atoms with van der Waals surface area (Å²) in [6.07, 6.45) is 6.11. The highest BCUT2D eigenvalue weighted by Crippen LogP contribution is 2.36. The summed E-state index contributed by atoms with van der Waals surface area (Å²) in [6, 6.07) is 4.76. The van der Waals surface area contributed by atoms with Crippen LogP contribution >= 0.6 is 0 Å². The van der Waals surface area contributed by atoms with Crippen molar-refractivity contribution in [1.82, 2.24) is 14.9 Å². The highest BCUT2D eigenvalue weighted by Gasteiger charge is 2.20. The predicted molar refractivity (Wildman–Crippen MR) is 94.7 cm³/mol. The molecular formula is C19H27N3O2. The van der Waals surface area contributed by atoms with Gasteiger partial charge >= 0.3 is 0 Å². The number of piperidine rings is 1. The van der Waals surface area contributed by atoms with Gasteiger partial charge in [-0.3, -0.25) is 0 Å². The first kappa shape index (κ1) is 15.8.